The van der Waals surface area contributed by atoms with Gasteiger partial charge in [-0.2, -0.15) is 0 Å². The van der Waals surface area contributed by atoms with E-state index < -0.39 is 6.10 Å². The average Bonchev–Trinajstić information content (AvgIpc) is 2.82. The second kappa shape index (κ2) is 4.96. The molecule has 1 unspecified atom stereocenters. The molecule has 0 radical (unpaired) electrons. The molecule has 3 heteroatoms. The third-order valence-electron chi connectivity index (χ3n) is 2.62. The predicted molar refractivity (Wildman–Crippen MR) is 64.1 cm³/mol. The fraction of sp³-hybridized carbons (Fsp3) is 0.231. The van der Waals surface area contributed by atoms with E-state index in [9.17, 15) is 5.11 Å². The van der Waals surface area contributed by atoms with Crippen molar-refractivity contribution in [3.63, 3.8) is 0 Å². The topological polar surface area (TPSA) is 62.0 Å². The fourth-order valence-electron chi connectivity index (χ4n) is 1.78. The van der Waals surface area contributed by atoms with E-state index in [1.807, 2.05) is 42.6 Å². The van der Waals surface area contributed by atoms with E-state index in [2.05, 4.69) is 4.98 Å². The van der Waals surface area contributed by atoms with Crippen LogP contribution in [0.1, 0.15) is 22.9 Å². The Morgan fingerprint density at radius 2 is 2.12 bits per heavy atom. The molecule has 16 heavy (non-hydrogen) atoms. The molecule has 0 aliphatic heterocycles. The van der Waals surface area contributed by atoms with Gasteiger partial charge in [-0.1, -0.05) is 24.3 Å². The molecular formula is C13H16N2O. The number of aromatic nitrogens is 1. The van der Waals surface area contributed by atoms with Crippen LogP contribution in [0.15, 0.2) is 42.6 Å². The molecule has 1 aromatic heterocycles. The van der Waals surface area contributed by atoms with Crippen LogP contribution in [-0.2, 0) is 6.42 Å². The summed E-state index contributed by atoms with van der Waals surface area (Å²) >= 11 is 0. The second-order valence-electron chi connectivity index (χ2n) is 3.81. The SMILES string of the molecule is NCCc1cccc(C(O)c2ccc[nH]2)c1. The molecule has 4 N–H and O–H groups in total. The van der Waals surface area contributed by atoms with Gasteiger partial charge in [0.25, 0.3) is 0 Å². The zero-order valence-corrected chi connectivity index (χ0v) is 9.06. The molecule has 1 atom stereocenters. The van der Waals surface area contributed by atoms with Gasteiger partial charge in [0, 0.05) is 11.9 Å². The molecular weight excluding hydrogens is 200 g/mol. The van der Waals surface area contributed by atoms with Crippen LogP contribution in [-0.4, -0.2) is 16.6 Å². The number of aromatic amines is 1. The Bertz CT molecular complexity index is 437. The smallest absolute Gasteiger partial charge is 0.119 e. The fourth-order valence-corrected chi connectivity index (χ4v) is 1.78. The highest BCUT2D eigenvalue weighted by atomic mass is 16.3. The maximum atomic E-state index is 10.1. The summed E-state index contributed by atoms with van der Waals surface area (Å²) in [6.45, 7) is 0.627. The molecule has 2 rings (SSSR count). The van der Waals surface area contributed by atoms with Crippen LogP contribution in [0, 0.1) is 0 Å². The van der Waals surface area contributed by atoms with E-state index in [0.29, 0.717) is 6.54 Å². The summed E-state index contributed by atoms with van der Waals surface area (Å²) in [4.78, 5) is 3.01. The molecule has 0 saturated carbocycles. The van der Waals surface area contributed by atoms with Crippen LogP contribution in [0.25, 0.3) is 0 Å². The van der Waals surface area contributed by atoms with Gasteiger partial charge in [0.15, 0.2) is 0 Å². The van der Waals surface area contributed by atoms with Crippen molar-refractivity contribution in [1.29, 1.82) is 0 Å². The van der Waals surface area contributed by atoms with Gasteiger partial charge in [-0.05, 0) is 36.2 Å². The lowest BCUT2D eigenvalue weighted by Crippen LogP contribution is -2.05. The molecule has 0 fully saturated rings. The zero-order valence-electron chi connectivity index (χ0n) is 9.06. The van der Waals surface area contributed by atoms with Crippen LogP contribution < -0.4 is 5.73 Å². The first-order chi connectivity index (χ1) is 7.81. The molecule has 0 aliphatic rings. The molecule has 0 spiro atoms. The number of aliphatic hydroxyl groups excluding tert-OH is 1. The highest BCUT2D eigenvalue weighted by Gasteiger charge is 2.10. The Kier molecular flexibility index (Phi) is 3.39. The van der Waals surface area contributed by atoms with Gasteiger partial charge in [-0.15, -0.1) is 0 Å². The quantitative estimate of drug-likeness (QED) is 0.727. The van der Waals surface area contributed by atoms with Gasteiger partial charge in [0.2, 0.25) is 0 Å². The van der Waals surface area contributed by atoms with Crippen LogP contribution >= 0.6 is 0 Å². The van der Waals surface area contributed by atoms with Crippen molar-refractivity contribution in [2.75, 3.05) is 6.54 Å². The maximum absolute atomic E-state index is 10.1. The van der Waals surface area contributed by atoms with Crippen LogP contribution in [0.4, 0.5) is 0 Å². The Morgan fingerprint density at radius 1 is 1.25 bits per heavy atom. The Morgan fingerprint density at radius 3 is 2.81 bits per heavy atom. The number of hydrogen-bond acceptors (Lipinski definition) is 2. The number of hydrogen-bond donors (Lipinski definition) is 3. The number of rotatable bonds is 4. The van der Waals surface area contributed by atoms with Crippen LogP contribution in [0.5, 0.6) is 0 Å². The van der Waals surface area contributed by atoms with Crippen molar-refractivity contribution in [1.82, 2.24) is 4.98 Å². The highest BCUT2D eigenvalue weighted by Crippen LogP contribution is 2.21. The van der Waals surface area contributed by atoms with Crippen molar-refractivity contribution >= 4 is 0 Å². The van der Waals surface area contributed by atoms with Gasteiger partial charge in [0.05, 0.1) is 0 Å². The molecule has 0 aliphatic carbocycles. The summed E-state index contributed by atoms with van der Waals surface area (Å²) in [6, 6.07) is 11.6. The van der Waals surface area contributed by atoms with Crippen molar-refractivity contribution < 1.29 is 5.11 Å². The standard InChI is InChI=1S/C13H16N2O/c14-7-6-10-3-1-4-11(9-10)13(16)12-5-2-8-15-12/h1-5,8-9,13,15-16H,6-7,14H2. The van der Waals surface area contributed by atoms with E-state index in [1.54, 1.807) is 0 Å². The molecule has 1 heterocycles. The Hall–Kier alpha value is -1.58. The van der Waals surface area contributed by atoms with E-state index in [-0.39, 0.29) is 0 Å². The second-order valence-corrected chi connectivity index (χ2v) is 3.81. The molecule has 0 saturated heterocycles. The number of aliphatic hydroxyl groups is 1. The third-order valence-corrected chi connectivity index (χ3v) is 2.62. The van der Waals surface area contributed by atoms with Crippen molar-refractivity contribution in [2.24, 2.45) is 5.73 Å². The number of nitrogens with one attached hydrogen (secondary N) is 1. The lowest BCUT2D eigenvalue weighted by Gasteiger charge is -2.10. The average molecular weight is 216 g/mol. The van der Waals surface area contributed by atoms with E-state index in [0.717, 1.165) is 23.2 Å². The monoisotopic (exact) mass is 216 g/mol. The summed E-state index contributed by atoms with van der Waals surface area (Å²) < 4.78 is 0. The van der Waals surface area contributed by atoms with E-state index in [1.165, 1.54) is 0 Å². The number of nitrogens with two attached hydrogens (primary N) is 1. The Balaban J connectivity index is 2.23. The van der Waals surface area contributed by atoms with Gasteiger partial charge in [0.1, 0.15) is 6.10 Å². The first-order valence-electron chi connectivity index (χ1n) is 5.41. The number of benzene rings is 1. The summed E-state index contributed by atoms with van der Waals surface area (Å²) in [5, 5.41) is 10.1. The summed E-state index contributed by atoms with van der Waals surface area (Å²) in [6.07, 6.45) is 2.06. The molecule has 0 bridgehead atoms. The van der Waals surface area contributed by atoms with E-state index in [4.69, 9.17) is 5.73 Å². The minimum atomic E-state index is -0.590. The van der Waals surface area contributed by atoms with Crippen LogP contribution in [0.2, 0.25) is 0 Å². The lowest BCUT2D eigenvalue weighted by molar-refractivity contribution is 0.216. The first kappa shape index (κ1) is 10.9. The largest absolute Gasteiger partial charge is 0.382 e. The predicted octanol–water partition coefficient (Wildman–Crippen LogP) is 1.60. The Labute approximate surface area is 94.9 Å². The van der Waals surface area contributed by atoms with Crippen molar-refractivity contribution in [3.05, 3.63) is 59.4 Å². The molecule has 2 aromatic rings. The molecule has 1 aromatic carbocycles. The molecule has 3 nitrogen and oxygen atoms in total. The first-order valence-corrected chi connectivity index (χ1v) is 5.41. The third kappa shape index (κ3) is 2.32. The van der Waals surface area contributed by atoms with Crippen LogP contribution in [0.3, 0.4) is 0 Å². The maximum Gasteiger partial charge on any atom is 0.119 e. The number of H-pyrrole nitrogens is 1. The minimum Gasteiger partial charge on any atom is -0.382 e. The minimum absolute atomic E-state index is 0.590. The van der Waals surface area contributed by atoms with Gasteiger partial charge >= 0.3 is 0 Å². The summed E-state index contributed by atoms with van der Waals surface area (Å²) in [5.74, 6) is 0. The summed E-state index contributed by atoms with van der Waals surface area (Å²) in [7, 11) is 0. The normalized spacial score (nSPS) is 12.6. The molecule has 84 valence electrons. The molecule has 0 amide bonds. The van der Waals surface area contributed by atoms with Crippen molar-refractivity contribution in [3.8, 4) is 0 Å². The zero-order chi connectivity index (χ0) is 11.4. The van der Waals surface area contributed by atoms with Crippen molar-refractivity contribution in [2.45, 2.75) is 12.5 Å². The summed E-state index contributed by atoms with van der Waals surface area (Å²) in [5.41, 5.74) is 8.38. The van der Waals surface area contributed by atoms with Gasteiger partial charge in [-0.3, -0.25) is 0 Å². The highest BCUT2D eigenvalue weighted by molar-refractivity contribution is 5.30. The van der Waals surface area contributed by atoms with E-state index >= 15 is 0 Å². The van der Waals surface area contributed by atoms with Gasteiger partial charge in [-0.25, -0.2) is 0 Å². The lowest BCUT2D eigenvalue weighted by atomic mass is 10.0. The van der Waals surface area contributed by atoms with Gasteiger partial charge < -0.3 is 15.8 Å².